The Morgan fingerprint density at radius 2 is 2.11 bits per heavy atom. The first-order valence-electron chi connectivity index (χ1n) is 7.46. The van der Waals surface area contributed by atoms with Crippen LogP contribution < -0.4 is 10.1 Å². The molecular formula is C15H29N3O. The van der Waals surface area contributed by atoms with Crippen molar-refractivity contribution in [3.8, 4) is 5.75 Å². The maximum atomic E-state index is 5.40. The summed E-state index contributed by atoms with van der Waals surface area (Å²) in [6.45, 7) is 10.9. The lowest BCUT2D eigenvalue weighted by atomic mass is 9.98. The minimum absolute atomic E-state index is 0.560. The van der Waals surface area contributed by atoms with Crippen molar-refractivity contribution in [1.29, 1.82) is 0 Å². The number of aryl methyl sites for hydroxylation is 1. The fraction of sp³-hybridized carbons (Fsp3) is 0.800. The minimum Gasteiger partial charge on any atom is -0.493 e. The number of hydrogen-bond acceptors (Lipinski definition) is 3. The normalized spacial score (nSPS) is 12.9. The van der Waals surface area contributed by atoms with Crippen LogP contribution in [0.4, 0.5) is 0 Å². The predicted octanol–water partition coefficient (Wildman–Crippen LogP) is 2.87. The fourth-order valence-electron chi connectivity index (χ4n) is 2.38. The molecule has 0 radical (unpaired) electrons. The lowest BCUT2D eigenvalue weighted by Gasteiger charge is -2.22. The second kappa shape index (κ2) is 8.20. The van der Waals surface area contributed by atoms with E-state index in [0.717, 1.165) is 31.7 Å². The zero-order valence-electron chi connectivity index (χ0n) is 13.1. The van der Waals surface area contributed by atoms with Gasteiger partial charge in [-0.2, -0.15) is 5.10 Å². The van der Waals surface area contributed by atoms with E-state index >= 15 is 0 Å². The molecule has 1 aromatic rings. The summed E-state index contributed by atoms with van der Waals surface area (Å²) >= 11 is 0. The molecule has 0 spiro atoms. The van der Waals surface area contributed by atoms with Gasteiger partial charge in [0.1, 0.15) is 0 Å². The summed E-state index contributed by atoms with van der Waals surface area (Å²) in [6.07, 6.45) is 5.14. The molecule has 0 saturated carbocycles. The smallest absolute Gasteiger partial charge is 0.159 e. The summed E-state index contributed by atoms with van der Waals surface area (Å²) in [4.78, 5) is 0. The SMILES string of the molecule is CCCNC(CCc1c(OC)cnn1CC)C(C)C. The van der Waals surface area contributed by atoms with Gasteiger partial charge in [0.15, 0.2) is 5.75 Å². The summed E-state index contributed by atoms with van der Waals surface area (Å²) in [5.41, 5.74) is 1.22. The molecule has 0 aliphatic carbocycles. The van der Waals surface area contributed by atoms with E-state index in [2.05, 4.69) is 38.1 Å². The largest absolute Gasteiger partial charge is 0.493 e. The molecule has 1 aromatic heterocycles. The topological polar surface area (TPSA) is 39.1 Å². The van der Waals surface area contributed by atoms with Crippen LogP contribution in [0.15, 0.2) is 6.20 Å². The fourth-order valence-corrected chi connectivity index (χ4v) is 2.38. The van der Waals surface area contributed by atoms with Gasteiger partial charge in [-0.1, -0.05) is 20.8 Å². The van der Waals surface area contributed by atoms with E-state index in [1.807, 2.05) is 10.9 Å². The van der Waals surface area contributed by atoms with Crippen molar-refractivity contribution < 1.29 is 4.74 Å². The van der Waals surface area contributed by atoms with E-state index < -0.39 is 0 Å². The van der Waals surface area contributed by atoms with Crippen LogP contribution >= 0.6 is 0 Å². The van der Waals surface area contributed by atoms with Gasteiger partial charge in [0.25, 0.3) is 0 Å². The van der Waals surface area contributed by atoms with Gasteiger partial charge in [-0.3, -0.25) is 4.68 Å². The Morgan fingerprint density at radius 1 is 1.37 bits per heavy atom. The van der Waals surface area contributed by atoms with E-state index in [0.29, 0.717) is 12.0 Å². The highest BCUT2D eigenvalue weighted by Crippen LogP contribution is 2.21. The van der Waals surface area contributed by atoms with Crippen molar-refractivity contribution in [2.24, 2.45) is 5.92 Å². The zero-order valence-corrected chi connectivity index (χ0v) is 13.1. The first-order chi connectivity index (χ1) is 9.13. The van der Waals surface area contributed by atoms with Crippen LogP contribution in [0.1, 0.15) is 46.2 Å². The molecule has 110 valence electrons. The van der Waals surface area contributed by atoms with Crippen LogP contribution in [0, 0.1) is 5.92 Å². The van der Waals surface area contributed by atoms with Gasteiger partial charge in [-0.25, -0.2) is 0 Å². The summed E-state index contributed by atoms with van der Waals surface area (Å²) in [6, 6.07) is 0.560. The number of nitrogens with one attached hydrogen (secondary N) is 1. The molecule has 0 saturated heterocycles. The van der Waals surface area contributed by atoms with Gasteiger partial charge in [-0.15, -0.1) is 0 Å². The monoisotopic (exact) mass is 267 g/mol. The molecule has 1 heterocycles. The van der Waals surface area contributed by atoms with E-state index in [1.54, 1.807) is 7.11 Å². The number of rotatable bonds is 9. The second-order valence-corrected chi connectivity index (χ2v) is 5.32. The van der Waals surface area contributed by atoms with Crippen LogP contribution in [0.2, 0.25) is 0 Å². The number of aromatic nitrogens is 2. The third-order valence-electron chi connectivity index (χ3n) is 3.58. The van der Waals surface area contributed by atoms with E-state index in [-0.39, 0.29) is 0 Å². The van der Waals surface area contributed by atoms with E-state index in [4.69, 9.17) is 4.74 Å². The first-order valence-corrected chi connectivity index (χ1v) is 7.46. The maximum Gasteiger partial charge on any atom is 0.159 e. The average molecular weight is 267 g/mol. The van der Waals surface area contributed by atoms with Gasteiger partial charge in [0, 0.05) is 12.6 Å². The van der Waals surface area contributed by atoms with Crippen molar-refractivity contribution >= 4 is 0 Å². The lowest BCUT2D eigenvalue weighted by molar-refractivity contribution is 0.367. The highest BCUT2D eigenvalue weighted by atomic mass is 16.5. The second-order valence-electron chi connectivity index (χ2n) is 5.32. The number of nitrogens with zero attached hydrogens (tertiary/aromatic N) is 2. The van der Waals surface area contributed by atoms with Crippen LogP contribution in [0.5, 0.6) is 5.75 Å². The Balaban J connectivity index is 2.64. The molecule has 19 heavy (non-hydrogen) atoms. The van der Waals surface area contributed by atoms with E-state index in [9.17, 15) is 0 Å². The molecule has 0 bridgehead atoms. The molecule has 0 aromatic carbocycles. The Hall–Kier alpha value is -1.03. The zero-order chi connectivity index (χ0) is 14.3. The molecule has 0 amide bonds. The molecule has 0 fully saturated rings. The minimum atomic E-state index is 0.560. The molecule has 0 aliphatic rings. The third-order valence-corrected chi connectivity index (χ3v) is 3.58. The molecule has 1 atom stereocenters. The third kappa shape index (κ3) is 4.53. The maximum absolute atomic E-state index is 5.40. The van der Waals surface area contributed by atoms with Crippen molar-refractivity contribution in [2.45, 2.75) is 59.5 Å². The standard InChI is InChI=1S/C15H29N3O/c1-6-10-16-13(12(3)4)8-9-14-15(19-5)11-17-18(14)7-2/h11-13,16H,6-10H2,1-5H3. The molecule has 1 rings (SSSR count). The van der Waals surface area contributed by atoms with Crippen molar-refractivity contribution in [2.75, 3.05) is 13.7 Å². The molecule has 1 N–H and O–H groups in total. The summed E-state index contributed by atoms with van der Waals surface area (Å²) in [7, 11) is 1.72. The first kappa shape index (κ1) is 16.0. The van der Waals surface area contributed by atoms with Crippen LogP contribution in [0.3, 0.4) is 0 Å². The van der Waals surface area contributed by atoms with Gasteiger partial charge in [0.2, 0.25) is 0 Å². The lowest BCUT2D eigenvalue weighted by Crippen LogP contribution is -2.35. The van der Waals surface area contributed by atoms with Crippen LogP contribution in [0.25, 0.3) is 0 Å². The molecular weight excluding hydrogens is 238 g/mol. The van der Waals surface area contributed by atoms with Crippen molar-refractivity contribution in [3.05, 3.63) is 11.9 Å². The molecule has 1 unspecified atom stereocenters. The Bertz CT molecular complexity index is 339. The van der Waals surface area contributed by atoms with Crippen molar-refractivity contribution in [1.82, 2.24) is 15.1 Å². The highest BCUT2D eigenvalue weighted by Gasteiger charge is 2.16. The summed E-state index contributed by atoms with van der Waals surface area (Å²) in [5.74, 6) is 1.57. The van der Waals surface area contributed by atoms with Gasteiger partial charge < -0.3 is 10.1 Å². The van der Waals surface area contributed by atoms with Gasteiger partial charge >= 0.3 is 0 Å². The molecule has 0 aliphatic heterocycles. The van der Waals surface area contributed by atoms with Crippen LogP contribution in [-0.4, -0.2) is 29.5 Å². The number of ether oxygens (including phenoxy) is 1. The molecule has 4 heteroatoms. The average Bonchev–Trinajstić information content (AvgIpc) is 2.80. The summed E-state index contributed by atoms with van der Waals surface area (Å²) in [5, 5.41) is 8.00. The Kier molecular flexibility index (Phi) is 6.92. The van der Waals surface area contributed by atoms with E-state index in [1.165, 1.54) is 12.1 Å². The number of methoxy groups -OCH3 is 1. The molecule has 4 nitrogen and oxygen atoms in total. The Morgan fingerprint density at radius 3 is 2.63 bits per heavy atom. The quantitative estimate of drug-likeness (QED) is 0.748. The van der Waals surface area contributed by atoms with Gasteiger partial charge in [0.05, 0.1) is 19.0 Å². The Labute approximate surface area is 117 Å². The predicted molar refractivity (Wildman–Crippen MR) is 79.7 cm³/mol. The number of hydrogen-bond donors (Lipinski definition) is 1. The highest BCUT2D eigenvalue weighted by molar-refractivity contribution is 5.25. The van der Waals surface area contributed by atoms with Gasteiger partial charge in [-0.05, 0) is 38.6 Å². The summed E-state index contributed by atoms with van der Waals surface area (Å²) < 4.78 is 7.44. The van der Waals surface area contributed by atoms with Crippen LogP contribution in [-0.2, 0) is 13.0 Å². The van der Waals surface area contributed by atoms with Crippen molar-refractivity contribution in [3.63, 3.8) is 0 Å².